The highest BCUT2D eigenvalue weighted by Gasteiger charge is 2.30. The molecule has 10 nitrogen and oxygen atoms in total. The summed E-state index contributed by atoms with van der Waals surface area (Å²) < 4.78 is 9.90. The second-order valence-corrected chi connectivity index (χ2v) is 9.84. The van der Waals surface area contributed by atoms with Crippen molar-refractivity contribution < 1.29 is 19.1 Å². The van der Waals surface area contributed by atoms with Gasteiger partial charge in [0.15, 0.2) is 5.78 Å². The van der Waals surface area contributed by atoms with Gasteiger partial charge in [-0.05, 0) is 56.0 Å². The van der Waals surface area contributed by atoms with E-state index in [0.29, 0.717) is 12.1 Å². The summed E-state index contributed by atoms with van der Waals surface area (Å²) in [5, 5.41) is 5.71. The molecular formula is C24H32N6O4S. The zero-order valence-corrected chi connectivity index (χ0v) is 20.7. The summed E-state index contributed by atoms with van der Waals surface area (Å²) in [5.74, 6) is -0.388. The molecule has 1 aliphatic carbocycles. The molecule has 1 saturated carbocycles. The molecule has 2 fully saturated rings. The quantitative estimate of drug-likeness (QED) is 0.318. The van der Waals surface area contributed by atoms with E-state index in [1.807, 2.05) is 12.1 Å². The zero-order valence-electron chi connectivity index (χ0n) is 19.9. The molecule has 4 rings (SSSR count). The molecular weight excluding hydrogens is 468 g/mol. The number of benzene rings is 1. The third kappa shape index (κ3) is 7.00. The van der Waals surface area contributed by atoms with E-state index in [0.717, 1.165) is 69.1 Å². The maximum Gasteiger partial charge on any atom is 0.319 e. The minimum absolute atomic E-state index is 0.0350. The maximum atomic E-state index is 12.3. The molecule has 2 aromatic rings. The van der Waals surface area contributed by atoms with Crippen molar-refractivity contribution in [1.29, 1.82) is 0 Å². The van der Waals surface area contributed by atoms with E-state index in [2.05, 4.69) is 31.9 Å². The molecule has 0 radical (unpaired) electrons. The van der Waals surface area contributed by atoms with Gasteiger partial charge in [0.2, 0.25) is 5.88 Å². The fraction of sp³-hybridized carbons (Fsp3) is 0.500. The first-order valence-electron chi connectivity index (χ1n) is 11.9. The van der Waals surface area contributed by atoms with Crippen molar-refractivity contribution in [3.8, 4) is 5.88 Å². The Balaban J connectivity index is 1.27. The highest BCUT2D eigenvalue weighted by atomic mass is 32.1. The monoisotopic (exact) mass is 500 g/mol. The largest absolute Gasteiger partial charge is 0.472 e. The topological polar surface area (TPSA) is 130 Å². The molecule has 11 heteroatoms. The third-order valence-electron chi connectivity index (χ3n) is 6.20. The van der Waals surface area contributed by atoms with Gasteiger partial charge in [-0.2, -0.15) is 4.37 Å². The Bertz CT molecular complexity index is 1060. The summed E-state index contributed by atoms with van der Waals surface area (Å²) in [6.45, 7) is 5.75. The van der Waals surface area contributed by atoms with Gasteiger partial charge in [-0.25, -0.2) is 4.79 Å². The number of ether oxygens (including phenoxy) is 1. The number of ketones is 1. The average Bonchev–Trinajstić information content (AvgIpc) is 3.62. The first kappa shape index (κ1) is 25.1. The Hall–Kier alpha value is -3.02. The molecule has 1 aliphatic heterocycles. The molecule has 35 heavy (non-hydrogen) atoms. The fourth-order valence-corrected chi connectivity index (χ4v) is 4.68. The van der Waals surface area contributed by atoms with Crippen LogP contribution in [0.4, 0.5) is 9.80 Å². The van der Waals surface area contributed by atoms with Crippen molar-refractivity contribution in [2.75, 3.05) is 51.6 Å². The number of rotatable bonds is 11. The highest BCUT2D eigenvalue weighted by molar-refractivity contribution is 7.11. The number of likely N-dealkylation sites (N-methyl/N-ethyl adjacent to an activating group) is 1. The number of hydrogen-bond acceptors (Lipinski definition) is 8. The predicted octanol–water partition coefficient (Wildman–Crippen LogP) is 2.17. The minimum Gasteiger partial charge on any atom is -0.472 e. The normalized spacial score (nSPS) is 16.6. The number of nitrogens with zero attached hydrogens (tertiary/aromatic N) is 3. The van der Waals surface area contributed by atoms with Crippen molar-refractivity contribution in [1.82, 2.24) is 19.5 Å². The summed E-state index contributed by atoms with van der Waals surface area (Å²) >= 11 is 0.936. The van der Waals surface area contributed by atoms with Crippen LogP contribution in [-0.4, -0.2) is 78.2 Å². The van der Waals surface area contributed by atoms with E-state index in [1.54, 1.807) is 12.1 Å². The summed E-state index contributed by atoms with van der Waals surface area (Å²) in [5.41, 5.74) is 7.03. The Morgan fingerprint density at radius 1 is 1.20 bits per heavy atom. The first-order chi connectivity index (χ1) is 16.9. The van der Waals surface area contributed by atoms with Crippen LogP contribution in [0, 0.1) is 5.92 Å². The maximum absolute atomic E-state index is 12.3. The van der Waals surface area contributed by atoms with Crippen molar-refractivity contribution in [3.63, 3.8) is 0 Å². The number of nitrogens with one attached hydrogen (secondary N) is 2. The summed E-state index contributed by atoms with van der Waals surface area (Å²) in [4.78, 5) is 41.4. The molecule has 2 heterocycles. The lowest BCUT2D eigenvalue weighted by molar-refractivity contribution is 0.0965. The number of primary amides is 1. The van der Waals surface area contributed by atoms with Gasteiger partial charge >= 0.3 is 6.03 Å². The first-order valence-corrected chi connectivity index (χ1v) is 12.7. The number of carbonyl (C=O) groups is 3. The Kier molecular flexibility index (Phi) is 8.32. The summed E-state index contributed by atoms with van der Waals surface area (Å²) in [7, 11) is 2.12. The van der Waals surface area contributed by atoms with Crippen LogP contribution in [0.15, 0.2) is 24.3 Å². The van der Waals surface area contributed by atoms with Crippen LogP contribution in [0.2, 0.25) is 0 Å². The molecule has 0 bridgehead atoms. The van der Waals surface area contributed by atoms with Crippen LogP contribution in [-0.2, 0) is 6.61 Å². The second kappa shape index (κ2) is 11.6. The number of nitrogens with two attached hydrogens (primary N) is 1. The number of aromatic nitrogens is 1. The molecule has 2 aliphatic rings. The van der Waals surface area contributed by atoms with E-state index < -0.39 is 11.9 Å². The number of carbonyl (C=O) groups excluding carboxylic acids is 3. The van der Waals surface area contributed by atoms with Gasteiger partial charge in [0, 0.05) is 44.2 Å². The van der Waals surface area contributed by atoms with Crippen LogP contribution in [0.5, 0.6) is 5.88 Å². The Morgan fingerprint density at radius 3 is 2.69 bits per heavy atom. The van der Waals surface area contributed by atoms with Crippen molar-refractivity contribution >= 4 is 34.3 Å². The van der Waals surface area contributed by atoms with Crippen LogP contribution in [0.1, 0.15) is 45.5 Å². The van der Waals surface area contributed by atoms with Crippen LogP contribution < -0.4 is 21.1 Å². The van der Waals surface area contributed by atoms with E-state index in [4.69, 9.17) is 10.5 Å². The molecule has 1 saturated heterocycles. The Morgan fingerprint density at radius 2 is 1.97 bits per heavy atom. The van der Waals surface area contributed by atoms with Gasteiger partial charge in [0.1, 0.15) is 17.2 Å². The highest BCUT2D eigenvalue weighted by Crippen LogP contribution is 2.33. The van der Waals surface area contributed by atoms with E-state index in [-0.39, 0.29) is 34.8 Å². The van der Waals surface area contributed by atoms with Crippen molar-refractivity contribution in [2.24, 2.45) is 11.7 Å². The molecule has 1 aromatic heterocycles. The lowest BCUT2D eigenvalue weighted by Crippen LogP contribution is -2.45. The molecule has 0 spiro atoms. The smallest absolute Gasteiger partial charge is 0.319 e. The van der Waals surface area contributed by atoms with Gasteiger partial charge in [-0.15, -0.1) is 0 Å². The standard InChI is InChI=1S/C24H32N6O4S/c1-29-10-12-30(13-11-29)9-3-8-26-24(33)27-23-19(21(25)32)22(28-35-23)34-15-16-4-2-5-18(14-16)20(31)17-6-7-17/h2,4-5,14,17H,3,6-13,15H2,1H3,(H2,25,32)(H2,26,27,33). The Labute approximate surface area is 209 Å². The summed E-state index contributed by atoms with van der Waals surface area (Å²) in [6.07, 6.45) is 2.72. The number of piperazine rings is 1. The molecule has 0 unspecified atom stereocenters. The van der Waals surface area contributed by atoms with E-state index in [9.17, 15) is 14.4 Å². The number of urea groups is 1. The molecule has 4 N–H and O–H groups in total. The second-order valence-electron chi connectivity index (χ2n) is 9.06. The summed E-state index contributed by atoms with van der Waals surface area (Å²) in [6, 6.07) is 6.83. The molecule has 0 atom stereocenters. The van der Waals surface area contributed by atoms with E-state index in [1.165, 1.54) is 0 Å². The SMILES string of the molecule is CN1CCN(CCCNC(=O)Nc2snc(OCc3cccc(C(=O)C4CC4)c3)c2C(N)=O)CC1. The van der Waals surface area contributed by atoms with Gasteiger partial charge in [0.05, 0.1) is 0 Å². The van der Waals surface area contributed by atoms with E-state index >= 15 is 0 Å². The third-order valence-corrected chi connectivity index (χ3v) is 6.95. The minimum atomic E-state index is -0.739. The van der Waals surface area contributed by atoms with Crippen LogP contribution in [0.25, 0.3) is 0 Å². The molecule has 3 amide bonds. The average molecular weight is 501 g/mol. The number of hydrogen-bond donors (Lipinski definition) is 3. The lowest BCUT2D eigenvalue weighted by Gasteiger charge is -2.32. The van der Waals surface area contributed by atoms with Crippen LogP contribution >= 0.6 is 11.5 Å². The molecule has 188 valence electrons. The predicted molar refractivity (Wildman–Crippen MR) is 134 cm³/mol. The van der Waals surface area contributed by atoms with Crippen LogP contribution in [0.3, 0.4) is 0 Å². The van der Waals surface area contributed by atoms with Gasteiger partial charge in [-0.3, -0.25) is 14.9 Å². The van der Waals surface area contributed by atoms with Gasteiger partial charge in [-0.1, -0.05) is 18.2 Å². The van der Waals surface area contributed by atoms with Gasteiger partial charge in [0.25, 0.3) is 5.91 Å². The van der Waals surface area contributed by atoms with Crippen molar-refractivity contribution in [3.05, 3.63) is 41.0 Å². The number of amides is 3. The fourth-order valence-electron chi connectivity index (χ4n) is 3.95. The number of anilines is 1. The lowest BCUT2D eigenvalue weighted by atomic mass is 10.0. The van der Waals surface area contributed by atoms with Gasteiger partial charge < -0.3 is 25.6 Å². The van der Waals surface area contributed by atoms with Crippen molar-refractivity contribution in [2.45, 2.75) is 25.9 Å². The number of Topliss-reactive ketones (excluding diaryl/α,β-unsaturated/α-hetero) is 1. The zero-order chi connectivity index (χ0) is 24.8. The molecule has 1 aromatic carbocycles.